The van der Waals surface area contributed by atoms with E-state index in [0.29, 0.717) is 0 Å². The average Bonchev–Trinajstić information content (AvgIpc) is 2.76. The van der Waals surface area contributed by atoms with Gasteiger partial charge in [-0.3, -0.25) is 4.68 Å². The van der Waals surface area contributed by atoms with Crippen molar-refractivity contribution >= 4 is 5.97 Å². The van der Waals surface area contributed by atoms with E-state index in [-0.39, 0.29) is 5.92 Å². The molecule has 0 saturated heterocycles. The summed E-state index contributed by atoms with van der Waals surface area (Å²) in [5.41, 5.74) is 1.01. The summed E-state index contributed by atoms with van der Waals surface area (Å²) in [6.07, 6.45) is 5.50. The first kappa shape index (κ1) is 8.29. The molecule has 2 rings (SSSR count). The molecular weight excluding hydrogens is 168 g/mol. The lowest BCUT2D eigenvalue weighted by molar-refractivity contribution is -0.141. The second kappa shape index (κ2) is 2.87. The summed E-state index contributed by atoms with van der Waals surface area (Å²) in [5.74, 6) is -0.484. The molecule has 0 radical (unpaired) electrons. The molecule has 1 heterocycles. The summed E-state index contributed by atoms with van der Waals surface area (Å²) in [4.78, 5) is 10.9. The Bertz CT molecular complexity index is 328. The number of carboxylic acid groups (broad SMARTS) is 1. The molecule has 1 fully saturated rings. The van der Waals surface area contributed by atoms with Crippen molar-refractivity contribution in [1.82, 2.24) is 9.78 Å². The third-order valence-corrected chi connectivity index (χ3v) is 2.34. The molecule has 1 saturated carbocycles. The number of rotatable bonds is 3. The van der Waals surface area contributed by atoms with E-state index in [4.69, 9.17) is 5.11 Å². The Hall–Kier alpha value is -1.32. The predicted octanol–water partition coefficient (Wildman–Crippen LogP) is 1.23. The normalized spacial score (nSPS) is 18.5. The van der Waals surface area contributed by atoms with E-state index in [2.05, 4.69) is 5.10 Å². The molecule has 1 aromatic rings. The van der Waals surface area contributed by atoms with Gasteiger partial charge in [-0.1, -0.05) is 0 Å². The van der Waals surface area contributed by atoms with Gasteiger partial charge in [-0.05, 0) is 31.2 Å². The first-order chi connectivity index (χ1) is 6.18. The van der Waals surface area contributed by atoms with E-state index in [1.807, 2.05) is 6.92 Å². The van der Waals surface area contributed by atoms with E-state index in [1.54, 1.807) is 17.1 Å². The summed E-state index contributed by atoms with van der Waals surface area (Å²) < 4.78 is 1.56. The lowest BCUT2D eigenvalue weighted by atomic mass is 10.2. The van der Waals surface area contributed by atoms with Gasteiger partial charge in [-0.2, -0.15) is 5.10 Å². The zero-order valence-electron chi connectivity index (χ0n) is 7.47. The van der Waals surface area contributed by atoms with Gasteiger partial charge < -0.3 is 5.11 Å². The Balaban J connectivity index is 2.24. The van der Waals surface area contributed by atoms with Crippen molar-refractivity contribution in [2.24, 2.45) is 5.92 Å². The average molecular weight is 180 g/mol. The fraction of sp³-hybridized carbons (Fsp3) is 0.556. The van der Waals surface area contributed by atoms with Crippen molar-refractivity contribution in [3.05, 3.63) is 18.0 Å². The molecule has 1 aliphatic carbocycles. The maximum Gasteiger partial charge on any atom is 0.328 e. The Morgan fingerprint density at radius 3 is 2.85 bits per heavy atom. The van der Waals surface area contributed by atoms with Crippen LogP contribution in [0.2, 0.25) is 0 Å². The number of nitrogens with zero attached hydrogens (tertiary/aromatic N) is 2. The van der Waals surface area contributed by atoms with Crippen molar-refractivity contribution in [1.29, 1.82) is 0 Å². The Labute approximate surface area is 76.2 Å². The molecule has 4 heteroatoms. The van der Waals surface area contributed by atoms with Crippen molar-refractivity contribution in [3.8, 4) is 0 Å². The number of carbonyl (C=O) groups is 1. The highest BCUT2D eigenvalue weighted by Gasteiger charge is 2.37. The second-order valence-electron chi connectivity index (χ2n) is 3.62. The zero-order valence-corrected chi connectivity index (χ0v) is 7.47. The van der Waals surface area contributed by atoms with Crippen LogP contribution >= 0.6 is 0 Å². The standard InChI is InChI=1S/C9H12N2O2/c1-6-4-10-11(5-6)8(9(12)13)7-2-3-7/h4-5,7-8H,2-3H2,1H3,(H,12,13). The molecule has 13 heavy (non-hydrogen) atoms. The third kappa shape index (κ3) is 1.56. The molecule has 0 spiro atoms. The number of hydrogen-bond donors (Lipinski definition) is 1. The number of hydrogen-bond acceptors (Lipinski definition) is 2. The van der Waals surface area contributed by atoms with E-state index >= 15 is 0 Å². The van der Waals surface area contributed by atoms with Crippen LogP contribution in [0.5, 0.6) is 0 Å². The highest BCUT2D eigenvalue weighted by molar-refractivity contribution is 5.72. The van der Waals surface area contributed by atoms with Crippen LogP contribution < -0.4 is 0 Å². The minimum Gasteiger partial charge on any atom is -0.480 e. The number of aryl methyl sites for hydroxylation is 1. The lowest BCUT2D eigenvalue weighted by Gasteiger charge is -2.10. The summed E-state index contributed by atoms with van der Waals surface area (Å²) in [6, 6.07) is -0.450. The minimum absolute atomic E-state index is 0.289. The van der Waals surface area contributed by atoms with Crippen LogP contribution in [0, 0.1) is 12.8 Å². The first-order valence-corrected chi connectivity index (χ1v) is 4.42. The number of aromatic nitrogens is 2. The third-order valence-electron chi connectivity index (χ3n) is 2.34. The summed E-state index contributed by atoms with van der Waals surface area (Å²) in [6.45, 7) is 1.91. The van der Waals surface area contributed by atoms with Crippen LogP contribution in [0.25, 0.3) is 0 Å². The fourth-order valence-electron chi connectivity index (χ4n) is 1.53. The Morgan fingerprint density at radius 2 is 2.46 bits per heavy atom. The van der Waals surface area contributed by atoms with Gasteiger partial charge in [-0.15, -0.1) is 0 Å². The van der Waals surface area contributed by atoms with Gasteiger partial charge in [0.1, 0.15) is 0 Å². The summed E-state index contributed by atoms with van der Waals surface area (Å²) >= 11 is 0. The van der Waals surface area contributed by atoms with E-state index < -0.39 is 12.0 Å². The number of carboxylic acids is 1. The molecule has 0 aromatic carbocycles. The molecule has 0 amide bonds. The molecule has 0 bridgehead atoms. The largest absolute Gasteiger partial charge is 0.480 e. The quantitative estimate of drug-likeness (QED) is 0.761. The zero-order chi connectivity index (χ0) is 9.42. The van der Waals surface area contributed by atoms with Crippen molar-refractivity contribution in [2.75, 3.05) is 0 Å². The first-order valence-electron chi connectivity index (χ1n) is 4.42. The van der Waals surface area contributed by atoms with E-state index in [0.717, 1.165) is 18.4 Å². The van der Waals surface area contributed by atoms with E-state index in [1.165, 1.54) is 0 Å². The molecule has 1 atom stereocenters. The Kier molecular flexibility index (Phi) is 1.83. The van der Waals surface area contributed by atoms with Crippen molar-refractivity contribution in [3.63, 3.8) is 0 Å². The molecule has 4 nitrogen and oxygen atoms in total. The monoisotopic (exact) mass is 180 g/mol. The van der Waals surface area contributed by atoms with Gasteiger partial charge >= 0.3 is 5.97 Å². The second-order valence-corrected chi connectivity index (χ2v) is 3.62. The molecule has 1 aliphatic rings. The van der Waals surface area contributed by atoms with Crippen LogP contribution in [0.3, 0.4) is 0 Å². The fourth-order valence-corrected chi connectivity index (χ4v) is 1.53. The molecule has 1 N–H and O–H groups in total. The Morgan fingerprint density at radius 1 is 1.77 bits per heavy atom. The summed E-state index contributed by atoms with van der Waals surface area (Å²) in [7, 11) is 0. The van der Waals surface area contributed by atoms with Gasteiger partial charge in [0, 0.05) is 6.20 Å². The highest BCUT2D eigenvalue weighted by Crippen LogP contribution is 2.39. The van der Waals surface area contributed by atoms with Crippen LogP contribution in [-0.4, -0.2) is 20.9 Å². The predicted molar refractivity (Wildman–Crippen MR) is 46.4 cm³/mol. The van der Waals surface area contributed by atoms with Gasteiger partial charge in [0.2, 0.25) is 0 Å². The topological polar surface area (TPSA) is 55.1 Å². The van der Waals surface area contributed by atoms with Crippen molar-refractivity contribution < 1.29 is 9.90 Å². The van der Waals surface area contributed by atoms with Gasteiger partial charge in [0.05, 0.1) is 6.20 Å². The van der Waals surface area contributed by atoms with Gasteiger partial charge in [0.25, 0.3) is 0 Å². The molecule has 0 aliphatic heterocycles. The van der Waals surface area contributed by atoms with Crippen molar-refractivity contribution in [2.45, 2.75) is 25.8 Å². The number of aliphatic carboxylic acids is 1. The maximum absolute atomic E-state index is 10.9. The minimum atomic E-state index is -0.773. The lowest BCUT2D eigenvalue weighted by Crippen LogP contribution is -2.21. The molecular formula is C9H12N2O2. The molecule has 1 unspecified atom stereocenters. The van der Waals surface area contributed by atoms with Gasteiger partial charge in [0.15, 0.2) is 6.04 Å². The summed E-state index contributed by atoms with van der Waals surface area (Å²) in [5, 5.41) is 13.0. The van der Waals surface area contributed by atoms with Gasteiger partial charge in [-0.25, -0.2) is 4.79 Å². The smallest absolute Gasteiger partial charge is 0.328 e. The highest BCUT2D eigenvalue weighted by atomic mass is 16.4. The molecule has 70 valence electrons. The maximum atomic E-state index is 10.9. The van der Waals surface area contributed by atoms with Crippen LogP contribution in [-0.2, 0) is 4.79 Å². The molecule has 1 aromatic heterocycles. The van der Waals surface area contributed by atoms with Crippen LogP contribution in [0.1, 0.15) is 24.4 Å². The van der Waals surface area contributed by atoms with Crippen LogP contribution in [0.4, 0.5) is 0 Å². The SMILES string of the molecule is Cc1cnn(C(C(=O)O)C2CC2)c1. The van der Waals surface area contributed by atoms with E-state index in [9.17, 15) is 4.79 Å². The van der Waals surface area contributed by atoms with Crippen LogP contribution in [0.15, 0.2) is 12.4 Å².